The maximum Gasteiger partial charge on any atom is 0.160 e. The number of hydrogen-bond acceptors (Lipinski definition) is 3. The summed E-state index contributed by atoms with van der Waals surface area (Å²) in [7, 11) is 4.10. The molecule has 0 aliphatic carbocycles. The van der Waals surface area contributed by atoms with Gasteiger partial charge in [-0.25, -0.2) is 9.97 Å². The molecule has 2 aromatic heterocycles. The van der Waals surface area contributed by atoms with Crippen LogP contribution in [0.25, 0.3) is 11.2 Å². The second kappa shape index (κ2) is 6.35. The molecule has 0 spiro atoms. The predicted octanol–water partition coefficient (Wildman–Crippen LogP) is 2.54. The highest BCUT2D eigenvalue weighted by atomic mass is 15.2. The summed E-state index contributed by atoms with van der Waals surface area (Å²) in [6.45, 7) is 7.88. The van der Waals surface area contributed by atoms with Crippen LogP contribution in [-0.2, 0) is 13.1 Å². The second-order valence-electron chi connectivity index (χ2n) is 3.86. The summed E-state index contributed by atoms with van der Waals surface area (Å²) < 4.78 is 2.16. The Balaban J connectivity index is 0.000000686. The first kappa shape index (κ1) is 13.6. The third-order valence-electron chi connectivity index (χ3n) is 2.36. The van der Waals surface area contributed by atoms with Crippen LogP contribution in [0, 0.1) is 0 Å². The van der Waals surface area contributed by atoms with Gasteiger partial charge in [-0.15, -0.1) is 0 Å². The summed E-state index contributed by atoms with van der Waals surface area (Å²) in [4.78, 5) is 11.1. The lowest BCUT2D eigenvalue weighted by Gasteiger charge is -2.10. The number of nitrogens with zero attached hydrogens (tertiary/aromatic N) is 4. The van der Waals surface area contributed by atoms with E-state index in [0.29, 0.717) is 0 Å². The van der Waals surface area contributed by atoms with Crippen molar-refractivity contribution in [3.8, 4) is 0 Å². The molecule has 0 radical (unpaired) electrons. The molecular formula is C13H22N4. The highest BCUT2D eigenvalue weighted by molar-refractivity contribution is 5.71. The summed E-state index contributed by atoms with van der Waals surface area (Å²) in [6, 6.07) is 3.93. The van der Waals surface area contributed by atoms with Crippen LogP contribution in [0.1, 0.15) is 26.6 Å². The van der Waals surface area contributed by atoms with Gasteiger partial charge in [0, 0.05) is 12.7 Å². The number of aryl methyl sites for hydroxylation is 1. The first-order valence-corrected chi connectivity index (χ1v) is 6.17. The lowest BCUT2D eigenvalue weighted by Crippen LogP contribution is -2.15. The number of fused-ring (bicyclic) bond motifs is 1. The Morgan fingerprint density at radius 1 is 1.29 bits per heavy atom. The molecule has 0 aliphatic rings. The number of hydrogen-bond donors (Lipinski definition) is 0. The third kappa shape index (κ3) is 3.03. The zero-order valence-electron chi connectivity index (χ0n) is 11.4. The molecule has 0 bridgehead atoms. The molecule has 0 saturated carbocycles. The molecule has 4 nitrogen and oxygen atoms in total. The Labute approximate surface area is 103 Å². The van der Waals surface area contributed by atoms with E-state index in [9.17, 15) is 0 Å². The summed E-state index contributed by atoms with van der Waals surface area (Å²) in [5, 5.41) is 0. The minimum absolute atomic E-state index is 0.851. The quantitative estimate of drug-likeness (QED) is 0.818. The van der Waals surface area contributed by atoms with E-state index in [-0.39, 0.29) is 0 Å². The van der Waals surface area contributed by atoms with Crippen molar-refractivity contribution in [2.24, 2.45) is 0 Å². The fraction of sp³-hybridized carbons (Fsp3) is 0.538. The van der Waals surface area contributed by atoms with E-state index in [0.717, 1.165) is 30.1 Å². The van der Waals surface area contributed by atoms with Crippen LogP contribution in [0.15, 0.2) is 18.3 Å². The lowest BCUT2D eigenvalue weighted by molar-refractivity contribution is 0.383. The maximum absolute atomic E-state index is 4.58. The van der Waals surface area contributed by atoms with Gasteiger partial charge in [-0.05, 0) is 33.2 Å². The average molecular weight is 234 g/mol. The molecule has 94 valence electrons. The monoisotopic (exact) mass is 234 g/mol. The first-order valence-electron chi connectivity index (χ1n) is 6.17. The number of imidazole rings is 1. The van der Waals surface area contributed by atoms with E-state index in [1.54, 1.807) is 0 Å². The van der Waals surface area contributed by atoms with Gasteiger partial charge in [-0.1, -0.05) is 13.8 Å². The average Bonchev–Trinajstić information content (AvgIpc) is 2.67. The van der Waals surface area contributed by atoms with E-state index in [2.05, 4.69) is 26.4 Å². The second-order valence-corrected chi connectivity index (χ2v) is 3.86. The zero-order valence-corrected chi connectivity index (χ0v) is 11.4. The normalized spacial score (nSPS) is 10.5. The van der Waals surface area contributed by atoms with E-state index in [4.69, 9.17) is 0 Å². The van der Waals surface area contributed by atoms with Crippen molar-refractivity contribution in [2.45, 2.75) is 33.9 Å². The fourth-order valence-corrected chi connectivity index (χ4v) is 1.74. The van der Waals surface area contributed by atoms with Crippen molar-refractivity contribution >= 4 is 11.2 Å². The molecular weight excluding hydrogens is 212 g/mol. The van der Waals surface area contributed by atoms with Crippen molar-refractivity contribution < 1.29 is 0 Å². The number of rotatable bonds is 3. The number of aromatic nitrogens is 3. The Hall–Kier alpha value is -1.42. The van der Waals surface area contributed by atoms with Crippen molar-refractivity contribution in [1.29, 1.82) is 0 Å². The van der Waals surface area contributed by atoms with E-state index >= 15 is 0 Å². The molecule has 0 aromatic carbocycles. The van der Waals surface area contributed by atoms with Crippen LogP contribution in [-0.4, -0.2) is 33.5 Å². The minimum atomic E-state index is 0.851. The fourth-order valence-electron chi connectivity index (χ4n) is 1.74. The van der Waals surface area contributed by atoms with Crippen molar-refractivity contribution in [2.75, 3.05) is 14.1 Å². The molecule has 0 aliphatic heterocycles. The van der Waals surface area contributed by atoms with Crippen molar-refractivity contribution in [1.82, 2.24) is 19.4 Å². The van der Waals surface area contributed by atoms with Crippen molar-refractivity contribution in [3.63, 3.8) is 0 Å². The molecule has 0 atom stereocenters. The SMILES string of the molecule is CC.CCn1c(CN(C)C)nc2cccnc21. The molecule has 0 fully saturated rings. The molecule has 2 rings (SSSR count). The summed E-state index contributed by atoms with van der Waals surface area (Å²) >= 11 is 0. The van der Waals surface area contributed by atoms with Gasteiger partial charge in [0.15, 0.2) is 5.65 Å². The summed E-state index contributed by atoms with van der Waals surface area (Å²) in [6.07, 6.45) is 1.82. The van der Waals surface area contributed by atoms with Crippen LogP contribution in [0.5, 0.6) is 0 Å². The summed E-state index contributed by atoms with van der Waals surface area (Å²) in [5.41, 5.74) is 1.97. The molecule has 0 saturated heterocycles. The zero-order chi connectivity index (χ0) is 12.8. The molecule has 0 amide bonds. The molecule has 17 heavy (non-hydrogen) atoms. The van der Waals surface area contributed by atoms with Gasteiger partial charge in [-0.2, -0.15) is 0 Å². The van der Waals surface area contributed by atoms with Crippen LogP contribution in [0.3, 0.4) is 0 Å². The smallest absolute Gasteiger partial charge is 0.160 e. The van der Waals surface area contributed by atoms with Gasteiger partial charge in [0.25, 0.3) is 0 Å². The standard InChI is InChI=1S/C11H16N4.C2H6/c1-4-15-10(8-14(2)3)13-9-6-5-7-12-11(9)15;1-2/h5-7H,4,8H2,1-3H3;1-2H3. The van der Waals surface area contributed by atoms with Crippen LogP contribution < -0.4 is 0 Å². The summed E-state index contributed by atoms with van der Waals surface area (Å²) in [5.74, 6) is 1.08. The Bertz CT molecular complexity index is 459. The topological polar surface area (TPSA) is 34.0 Å². The van der Waals surface area contributed by atoms with Gasteiger partial charge in [-0.3, -0.25) is 0 Å². The third-order valence-corrected chi connectivity index (χ3v) is 2.36. The van der Waals surface area contributed by atoms with Gasteiger partial charge in [0.05, 0.1) is 6.54 Å². The Morgan fingerprint density at radius 3 is 2.59 bits per heavy atom. The van der Waals surface area contributed by atoms with E-state index in [1.165, 1.54) is 0 Å². The van der Waals surface area contributed by atoms with E-state index in [1.807, 2.05) is 46.3 Å². The molecule has 4 heteroatoms. The van der Waals surface area contributed by atoms with Crippen LogP contribution in [0.4, 0.5) is 0 Å². The van der Waals surface area contributed by atoms with Gasteiger partial charge >= 0.3 is 0 Å². The molecule has 0 unspecified atom stereocenters. The largest absolute Gasteiger partial charge is 0.312 e. The maximum atomic E-state index is 4.58. The highest BCUT2D eigenvalue weighted by Crippen LogP contribution is 2.13. The number of pyridine rings is 1. The van der Waals surface area contributed by atoms with Crippen LogP contribution >= 0.6 is 0 Å². The van der Waals surface area contributed by atoms with Gasteiger partial charge in [0.1, 0.15) is 11.3 Å². The highest BCUT2D eigenvalue weighted by Gasteiger charge is 2.09. The van der Waals surface area contributed by atoms with Crippen LogP contribution in [0.2, 0.25) is 0 Å². The van der Waals surface area contributed by atoms with Gasteiger partial charge < -0.3 is 9.47 Å². The van der Waals surface area contributed by atoms with Gasteiger partial charge in [0.2, 0.25) is 0 Å². The molecule has 2 heterocycles. The van der Waals surface area contributed by atoms with E-state index < -0.39 is 0 Å². The lowest BCUT2D eigenvalue weighted by atomic mass is 10.4. The molecule has 2 aromatic rings. The predicted molar refractivity (Wildman–Crippen MR) is 71.9 cm³/mol. The minimum Gasteiger partial charge on any atom is -0.312 e. The molecule has 0 N–H and O–H groups in total. The Kier molecular flexibility index (Phi) is 5.10. The van der Waals surface area contributed by atoms with Crippen molar-refractivity contribution in [3.05, 3.63) is 24.2 Å². The first-order chi connectivity index (χ1) is 8.22. The Morgan fingerprint density at radius 2 is 2.00 bits per heavy atom.